The van der Waals surface area contributed by atoms with Gasteiger partial charge in [0.1, 0.15) is 6.10 Å². The molecule has 0 bridgehead atoms. The molecule has 0 aromatic heterocycles. The van der Waals surface area contributed by atoms with E-state index in [0.29, 0.717) is 29.6 Å². The molecule has 1 aliphatic rings. The van der Waals surface area contributed by atoms with Crippen LogP contribution in [-0.2, 0) is 16.0 Å². The molecule has 0 saturated carbocycles. The molecule has 1 saturated heterocycles. The van der Waals surface area contributed by atoms with Crippen molar-refractivity contribution in [1.29, 1.82) is 0 Å². The van der Waals surface area contributed by atoms with E-state index in [0.717, 1.165) is 18.4 Å². The van der Waals surface area contributed by atoms with Gasteiger partial charge in [0.15, 0.2) is 0 Å². The zero-order valence-corrected chi connectivity index (χ0v) is 12.6. The summed E-state index contributed by atoms with van der Waals surface area (Å²) in [5.74, 6) is -0.0749. The number of nitrogens with one attached hydrogen (secondary N) is 1. The molecule has 1 fully saturated rings. The molecule has 6 heteroatoms. The molecular formula is C14H18Cl2N2O2. The summed E-state index contributed by atoms with van der Waals surface area (Å²) in [6.45, 7) is 0.994. The van der Waals surface area contributed by atoms with Gasteiger partial charge >= 0.3 is 0 Å². The van der Waals surface area contributed by atoms with Gasteiger partial charge in [-0.1, -0.05) is 23.2 Å². The first-order valence-electron chi connectivity index (χ1n) is 6.66. The van der Waals surface area contributed by atoms with Crippen molar-refractivity contribution in [2.24, 2.45) is 5.73 Å². The third kappa shape index (κ3) is 4.35. The first kappa shape index (κ1) is 15.6. The van der Waals surface area contributed by atoms with Crippen molar-refractivity contribution >= 4 is 29.1 Å². The molecule has 0 spiro atoms. The Morgan fingerprint density at radius 3 is 2.60 bits per heavy atom. The quantitative estimate of drug-likeness (QED) is 0.875. The standard InChI is InChI=1S/C14H18Cl2N2O2/c15-10-5-9(6-11(16)7-10)3-4-18-14(19)13-2-1-12(8-17)20-13/h5-7,12-13H,1-4,8,17H2,(H,18,19)/t12-,13+/m1/s1. The van der Waals surface area contributed by atoms with Gasteiger partial charge in [-0.15, -0.1) is 0 Å². The largest absolute Gasteiger partial charge is 0.364 e. The Kier molecular flexibility index (Phi) is 5.66. The third-order valence-electron chi connectivity index (χ3n) is 3.30. The van der Waals surface area contributed by atoms with E-state index in [4.69, 9.17) is 33.7 Å². The van der Waals surface area contributed by atoms with E-state index < -0.39 is 0 Å². The Labute approximate surface area is 128 Å². The van der Waals surface area contributed by atoms with Crippen LogP contribution >= 0.6 is 23.2 Å². The van der Waals surface area contributed by atoms with E-state index in [-0.39, 0.29) is 18.1 Å². The van der Waals surface area contributed by atoms with Crippen LogP contribution < -0.4 is 11.1 Å². The van der Waals surface area contributed by atoms with Gasteiger partial charge in [0, 0.05) is 23.1 Å². The summed E-state index contributed by atoms with van der Waals surface area (Å²) in [6, 6.07) is 5.37. The Balaban J connectivity index is 1.77. The fraction of sp³-hybridized carbons (Fsp3) is 0.500. The first-order valence-corrected chi connectivity index (χ1v) is 7.42. The van der Waals surface area contributed by atoms with E-state index in [9.17, 15) is 4.79 Å². The molecule has 110 valence electrons. The van der Waals surface area contributed by atoms with Gasteiger partial charge in [0.2, 0.25) is 5.91 Å². The summed E-state index contributed by atoms with van der Waals surface area (Å²) >= 11 is 11.8. The number of amides is 1. The predicted octanol–water partition coefficient (Wildman–Crippen LogP) is 2.16. The highest BCUT2D eigenvalue weighted by Crippen LogP contribution is 2.20. The lowest BCUT2D eigenvalue weighted by atomic mass is 10.1. The second-order valence-corrected chi connectivity index (χ2v) is 5.75. The summed E-state index contributed by atoms with van der Waals surface area (Å²) in [5, 5.41) is 4.07. The number of hydrogen-bond acceptors (Lipinski definition) is 3. The molecule has 2 atom stereocenters. The Bertz CT molecular complexity index is 462. The lowest BCUT2D eigenvalue weighted by molar-refractivity contribution is -0.131. The van der Waals surface area contributed by atoms with E-state index in [2.05, 4.69) is 5.32 Å². The summed E-state index contributed by atoms with van der Waals surface area (Å²) < 4.78 is 5.53. The van der Waals surface area contributed by atoms with Gasteiger partial charge in [-0.05, 0) is 43.0 Å². The van der Waals surface area contributed by atoms with Crippen molar-refractivity contribution < 1.29 is 9.53 Å². The molecule has 3 N–H and O–H groups in total. The van der Waals surface area contributed by atoms with Crippen LogP contribution in [0.1, 0.15) is 18.4 Å². The number of nitrogens with two attached hydrogens (primary N) is 1. The maximum absolute atomic E-state index is 11.9. The minimum Gasteiger partial charge on any atom is -0.364 e. The van der Waals surface area contributed by atoms with Crippen molar-refractivity contribution in [3.63, 3.8) is 0 Å². The lowest BCUT2D eigenvalue weighted by Gasteiger charge is -2.12. The molecule has 0 unspecified atom stereocenters. The number of benzene rings is 1. The van der Waals surface area contributed by atoms with Crippen LogP contribution in [0, 0.1) is 0 Å². The zero-order chi connectivity index (χ0) is 14.5. The number of carbonyl (C=O) groups is 1. The predicted molar refractivity (Wildman–Crippen MR) is 80.1 cm³/mol. The number of rotatable bonds is 5. The van der Waals surface area contributed by atoms with Gasteiger partial charge in [-0.3, -0.25) is 4.79 Å². The van der Waals surface area contributed by atoms with Crippen molar-refractivity contribution in [1.82, 2.24) is 5.32 Å². The Hall–Kier alpha value is -0.810. The molecule has 4 nitrogen and oxygen atoms in total. The smallest absolute Gasteiger partial charge is 0.249 e. The van der Waals surface area contributed by atoms with Crippen LogP contribution in [0.15, 0.2) is 18.2 Å². The average molecular weight is 317 g/mol. The van der Waals surface area contributed by atoms with Crippen LogP contribution in [0.3, 0.4) is 0 Å². The van der Waals surface area contributed by atoms with E-state index >= 15 is 0 Å². The molecule has 1 amide bonds. The average Bonchev–Trinajstić information content (AvgIpc) is 2.86. The van der Waals surface area contributed by atoms with Crippen LogP contribution in [0.2, 0.25) is 10.0 Å². The summed E-state index contributed by atoms with van der Waals surface area (Å²) in [4.78, 5) is 11.9. The van der Waals surface area contributed by atoms with Gasteiger partial charge in [0.05, 0.1) is 6.10 Å². The van der Waals surface area contributed by atoms with Crippen LogP contribution in [0.4, 0.5) is 0 Å². The minimum absolute atomic E-state index is 0.0116. The van der Waals surface area contributed by atoms with Gasteiger partial charge < -0.3 is 15.8 Å². The van der Waals surface area contributed by atoms with Crippen LogP contribution in [0.25, 0.3) is 0 Å². The van der Waals surface area contributed by atoms with Gasteiger partial charge in [-0.25, -0.2) is 0 Å². The number of hydrogen-bond donors (Lipinski definition) is 2. The fourth-order valence-corrected chi connectivity index (χ4v) is 2.84. The zero-order valence-electron chi connectivity index (χ0n) is 11.1. The Morgan fingerprint density at radius 2 is 2.00 bits per heavy atom. The summed E-state index contributed by atoms with van der Waals surface area (Å²) in [6.07, 6.45) is 1.90. The Morgan fingerprint density at radius 1 is 1.30 bits per heavy atom. The fourth-order valence-electron chi connectivity index (χ4n) is 2.27. The van der Waals surface area contributed by atoms with Crippen molar-refractivity contribution in [3.05, 3.63) is 33.8 Å². The number of ether oxygens (including phenoxy) is 1. The third-order valence-corrected chi connectivity index (χ3v) is 3.73. The second-order valence-electron chi connectivity index (χ2n) is 4.88. The normalized spacial score (nSPS) is 21.9. The summed E-state index contributed by atoms with van der Waals surface area (Å²) in [5.41, 5.74) is 6.51. The molecule has 2 rings (SSSR count). The number of halogens is 2. The van der Waals surface area contributed by atoms with E-state index in [1.165, 1.54) is 0 Å². The summed E-state index contributed by atoms with van der Waals surface area (Å²) in [7, 11) is 0. The second kappa shape index (κ2) is 7.27. The van der Waals surface area contributed by atoms with Gasteiger partial charge in [0.25, 0.3) is 0 Å². The molecule has 0 radical (unpaired) electrons. The highest BCUT2D eigenvalue weighted by Gasteiger charge is 2.29. The minimum atomic E-state index is -0.369. The van der Waals surface area contributed by atoms with Crippen LogP contribution in [0.5, 0.6) is 0 Å². The van der Waals surface area contributed by atoms with Crippen molar-refractivity contribution in [2.75, 3.05) is 13.1 Å². The monoisotopic (exact) mass is 316 g/mol. The molecule has 0 aliphatic carbocycles. The topological polar surface area (TPSA) is 64.4 Å². The van der Waals surface area contributed by atoms with E-state index in [1.807, 2.05) is 12.1 Å². The molecular weight excluding hydrogens is 299 g/mol. The molecule has 20 heavy (non-hydrogen) atoms. The van der Waals surface area contributed by atoms with Crippen LogP contribution in [-0.4, -0.2) is 31.2 Å². The molecule has 1 aliphatic heterocycles. The highest BCUT2D eigenvalue weighted by molar-refractivity contribution is 6.34. The maximum Gasteiger partial charge on any atom is 0.249 e. The highest BCUT2D eigenvalue weighted by atomic mass is 35.5. The van der Waals surface area contributed by atoms with E-state index in [1.54, 1.807) is 6.07 Å². The van der Waals surface area contributed by atoms with Crippen molar-refractivity contribution in [2.45, 2.75) is 31.5 Å². The SMILES string of the molecule is NC[C@H]1CC[C@@H](C(=O)NCCc2cc(Cl)cc(Cl)c2)O1. The number of carbonyl (C=O) groups excluding carboxylic acids is 1. The molecule has 1 aromatic carbocycles. The molecule has 1 aromatic rings. The first-order chi connectivity index (χ1) is 9.58. The maximum atomic E-state index is 11.9. The van der Waals surface area contributed by atoms with Crippen molar-refractivity contribution in [3.8, 4) is 0 Å². The molecule has 1 heterocycles. The van der Waals surface area contributed by atoms with Gasteiger partial charge in [-0.2, -0.15) is 0 Å². The lowest BCUT2D eigenvalue weighted by Crippen LogP contribution is -2.36.